The van der Waals surface area contributed by atoms with Crippen molar-refractivity contribution in [2.75, 3.05) is 30.9 Å². The number of aliphatic hydroxyl groups excluding tert-OH is 1. The van der Waals surface area contributed by atoms with Crippen molar-refractivity contribution in [2.24, 2.45) is 35.5 Å². The number of cyclic esters (lactones) is 1. The van der Waals surface area contributed by atoms with Crippen molar-refractivity contribution in [2.45, 2.75) is 234 Å². The minimum Gasteiger partial charge on any atom is -0.462 e. The Morgan fingerprint density at radius 2 is 1.48 bits per heavy atom. The average molecular weight is 1340 g/mol. The maximum Gasteiger partial charge on any atom is 0.339 e. The zero-order valence-corrected chi connectivity index (χ0v) is 56.3. The molecule has 2 heterocycles. The molecule has 1 aromatic carbocycles. The number of carbonyl (C=O) groups is 9. The van der Waals surface area contributed by atoms with Crippen molar-refractivity contribution in [3.63, 3.8) is 0 Å². The van der Waals surface area contributed by atoms with Gasteiger partial charge in [-0.2, -0.15) is 0 Å². The molecular weight excluding hydrogens is 1240 g/mol. The van der Waals surface area contributed by atoms with E-state index in [4.69, 9.17) is 18.9 Å². The summed E-state index contributed by atoms with van der Waals surface area (Å²) in [5.74, 6) is -11.1. The number of anilines is 2. The van der Waals surface area contributed by atoms with E-state index in [0.29, 0.717) is 109 Å². The largest absolute Gasteiger partial charge is 0.462 e. The second-order valence-electron chi connectivity index (χ2n) is 25.2. The maximum absolute atomic E-state index is 14.5. The molecule has 4 rings (SSSR count). The minimum atomic E-state index is -2.98. The predicted octanol–water partition coefficient (Wildman–Crippen LogP) is 11.0. The number of ketones is 3. The number of halogens is 1. The van der Waals surface area contributed by atoms with Crippen molar-refractivity contribution in [3.8, 4) is 0 Å². The number of hydrogen-bond acceptors (Lipinski definition) is 16. The number of nitrogens with one attached hydrogen (secondary N) is 2. The third-order valence-electron chi connectivity index (χ3n) is 17.6. The summed E-state index contributed by atoms with van der Waals surface area (Å²) in [6.07, 6.45) is 17.1. The summed E-state index contributed by atoms with van der Waals surface area (Å²) in [5.41, 5.74) is 3.69. The summed E-state index contributed by atoms with van der Waals surface area (Å²) in [7, 11) is 1.37. The molecule has 5 N–H and O–H groups in total. The number of unbranched alkanes of at least 4 members (excludes halogenated alkanes) is 2. The van der Waals surface area contributed by atoms with E-state index in [0.717, 1.165) is 29.7 Å². The van der Waals surface area contributed by atoms with Gasteiger partial charge < -0.3 is 49.8 Å². The molecule has 1 aromatic rings. The van der Waals surface area contributed by atoms with Crippen molar-refractivity contribution < 1.29 is 77.4 Å². The number of amides is 3. The average Bonchev–Trinajstić information content (AvgIpc) is 1.29. The number of Topliss-reactive ketones (excluding diaryl/α,β-unsaturated/α-hetero) is 3. The summed E-state index contributed by atoms with van der Waals surface area (Å²) in [6, 6.07) is -1.23. The molecule has 20 heteroatoms. The topological polar surface area (TPSA) is 279 Å². The first-order valence-corrected chi connectivity index (χ1v) is 32.8. The number of rotatable bonds is 14. The monoisotopic (exact) mass is 1340 g/mol. The number of methoxy groups -OCH3 is 1. The molecule has 2 fully saturated rings. The van der Waals surface area contributed by atoms with E-state index in [2.05, 4.69) is 10.6 Å². The fraction of sp³-hybridized carbons (Fsp3) is 0.662. The van der Waals surface area contributed by atoms with Crippen molar-refractivity contribution in [1.29, 1.82) is 0 Å². The van der Waals surface area contributed by atoms with Gasteiger partial charge >= 0.3 is 17.9 Å². The molecule has 3 aliphatic rings. The normalized spacial score (nSPS) is 28.6. The molecular formula is C68H100IN3O16. The Labute approximate surface area is 535 Å². The molecule has 2 aliphatic heterocycles. The Morgan fingerprint density at radius 3 is 2.14 bits per heavy atom. The van der Waals surface area contributed by atoms with Gasteiger partial charge in [0.2, 0.25) is 17.6 Å². The van der Waals surface area contributed by atoms with Crippen LogP contribution in [0.1, 0.15) is 206 Å². The Morgan fingerprint density at radius 1 is 0.818 bits per heavy atom. The highest BCUT2D eigenvalue weighted by Crippen LogP contribution is 2.38. The SMILES string of the molecule is CO[C@H]1C(=O)[C@H](C)C[C@H](C)/C=C/C=C/C=C(\C)CCCCC[C@@H](C)C(O)(O)C(=O)C(=O)N2CCCC[C@H]2C(=O)O[C@H]([C@H](C)CC2CCC(OC(=O)CCCCCOC(=O)c3c(C)c(NC(C)=O)c(C)c(NC(C)=O)c3I)CC2)CC(=O)[C@H](C)/C=C(\C)[C@H]1O. The Kier molecular flexibility index (Phi) is 31.1. The van der Waals surface area contributed by atoms with Crippen LogP contribution in [-0.4, -0.2) is 130 Å². The van der Waals surface area contributed by atoms with Crippen molar-refractivity contribution >= 4 is 86.9 Å². The Balaban J connectivity index is 1.45. The summed E-state index contributed by atoms with van der Waals surface area (Å²) in [5, 5.41) is 39.5. The second kappa shape index (κ2) is 36.4. The fourth-order valence-electron chi connectivity index (χ4n) is 12.1. The Bertz CT molecular complexity index is 2700. The molecule has 19 nitrogen and oxygen atoms in total. The molecule has 3 amide bonds. The summed E-state index contributed by atoms with van der Waals surface area (Å²) < 4.78 is 23.9. The third kappa shape index (κ3) is 22.5. The zero-order chi connectivity index (χ0) is 65.6. The van der Waals surface area contributed by atoms with E-state index in [9.17, 15) is 58.5 Å². The van der Waals surface area contributed by atoms with Gasteiger partial charge in [-0.3, -0.25) is 33.6 Å². The summed E-state index contributed by atoms with van der Waals surface area (Å²) in [6.45, 7) is 18.8. The molecule has 0 aromatic heterocycles. The zero-order valence-electron chi connectivity index (χ0n) is 54.1. The minimum absolute atomic E-state index is 0.00654. The van der Waals surface area contributed by atoms with Crippen LogP contribution in [0.3, 0.4) is 0 Å². The molecule has 9 atom stereocenters. The van der Waals surface area contributed by atoms with Crippen LogP contribution in [0.15, 0.2) is 47.6 Å². The van der Waals surface area contributed by atoms with Gasteiger partial charge in [-0.25, -0.2) is 9.59 Å². The van der Waals surface area contributed by atoms with Crippen LogP contribution in [-0.2, 0) is 57.3 Å². The van der Waals surface area contributed by atoms with Crippen LogP contribution in [0.5, 0.6) is 0 Å². The van der Waals surface area contributed by atoms with Gasteiger partial charge in [0.25, 0.3) is 11.7 Å². The number of allylic oxidation sites excluding steroid dienone is 7. The molecule has 1 aliphatic carbocycles. The molecule has 490 valence electrons. The van der Waals surface area contributed by atoms with E-state index in [1.54, 1.807) is 33.8 Å². The number of fused-ring (bicyclic) bond motifs is 1. The molecule has 0 radical (unpaired) electrons. The fourth-order valence-corrected chi connectivity index (χ4v) is 13.3. The van der Waals surface area contributed by atoms with E-state index in [1.807, 2.05) is 80.7 Å². The van der Waals surface area contributed by atoms with Crippen LogP contribution < -0.4 is 10.6 Å². The van der Waals surface area contributed by atoms with Gasteiger partial charge in [-0.05, 0) is 181 Å². The number of hydrogen-bond donors (Lipinski definition) is 5. The van der Waals surface area contributed by atoms with Gasteiger partial charge in [0.1, 0.15) is 36.2 Å². The number of aliphatic hydroxyl groups is 3. The quantitative estimate of drug-likeness (QED) is 0.0220. The lowest BCUT2D eigenvalue weighted by Crippen LogP contribution is -2.57. The van der Waals surface area contributed by atoms with E-state index < -0.39 is 77.4 Å². The van der Waals surface area contributed by atoms with Gasteiger partial charge in [-0.1, -0.05) is 89.5 Å². The number of benzene rings is 1. The molecule has 0 unspecified atom stereocenters. The van der Waals surface area contributed by atoms with E-state index in [1.165, 1.54) is 27.9 Å². The molecule has 88 heavy (non-hydrogen) atoms. The predicted molar refractivity (Wildman–Crippen MR) is 345 cm³/mol. The molecule has 0 bridgehead atoms. The highest BCUT2D eigenvalue weighted by atomic mass is 127. The number of nitrogens with zero attached hydrogens (tertiary/aromatic N) is 1. The van der Waals surface area contributed by atoms with E-state index in [-0.39, 0.29) is 91.7 Å². The van der Waals surface area contributed by atoms with Crippen LogP contribution in [0, 0.1) is 52.9 Å². The first kappa shape index (κ1) is 75.0. The van der Waals surface area contributed by atoms with E-state index >= 15 is 0 Å². The van der Waals surface area contributed by atoms with Gasteiger partial charge in [-0.15, -0.1) is 0 Å². The number of esters is 3. The number of piperidine rings is 1. The van der Waals surface area contributed by atoms with Crippen LogP contribution in [0.2, 0.25) is 0 Å². The van der Waals surface area contributed by atoms with Crippen molar-refractivity contribution in [3.05, 3.63) is 67.9 Å². The van der Waals surface area contributed by atoms with Crippen LogP contribution in [0.25, 0.3) is 0 Å². The van der Waals surface area contributed by atoms with Gasteiger partial charge in [0.15, 0.2) is 5.78 Å². The smallest absolute Gasteiger partial charge is 0.339 e. The number of ether oxygens (including phenoxy) is 4. The van der Waals surface area contributed by atoms with Crippen molar-refractivity contribution in [1.82, 2.24) is 4.90 Å². The lowest BCUT2D eigenvalue weighted by Gasteiger charge is -2.37. The molecule has 1 saturated heterocycles. The third-order valence-corrected chi connectivity index (χ3v) is 18.7. The van der Waals surface area contributed by atoms with Gasteiger partial charge in [0.05, 0.1) is 21.4 Å². The van der Waals surface area contributed by atoms with Crippen LogP contribution >= 0.6 is 22.6 Å². The Hall–Kier alpha value is -5.42. The maximum atomic E-state index is 14.5. The standard InChI is InChI=1S/C68H100IN3O16/c1-40-24-16-13-18-26-41(2)36-44(5)61(77)63(85-12)62(78)45(6)37-42(3)54(75)39-55(88-66(81)53-28-21-22-34-72(53)65(80)64(79)68(83,84)46(7)27-19-14-17-25-40)43(4)38-51-30-32-52(33-31-51)87-56(76)29-20-15-23-35-86-67(82)57-47(8)59(70-49(10)73)48(9)60(58(57)69)71-50(11)74/h13,16,18,24,26,37,41-44,46,51-53,55,62-63,78,83-84H,14-15,17,19-23,25,27-36,38-39H2,1-12H3,(H,70,73)(H,71,74)/b16-13+,26-18+,40-24+,45-37+/t41-,42-,43-,44-,46-,51?,52?,53+,55+,62-,63+/m1/s1. The number of carbonyl (C=O) groups excluding carboxylic acids is 9. The highest BCUT2D eigenvalue weighted by molar-refractivity contribution is 14.1. The summed E-state index contributed by atoms with van der Waals surface area (Å²) in [4.78, 5) is 122. The summed E-state index contributed by atoms with van der Waals surface area (Å²) >= 11 is 1.99. The molecule has 0 spiro atoms. The lowest BCUT2D eigenvalue weighted by atomic mass is 9.79. The first-order valence-electron chi connectivity index (χ1n) is 31.7. The molecule has 1 saturated carbocycles. The highest BCUT2D eigenvalue weighted by Gasteiger charge is 2.48. The second-order valence-corrected chi connectivity index (χ2v) is 26.2. The van der Waals surface area contributed by atoms with Crippen LogP contribution in [0.4, 0.5) is 11.4 Å². The lowest BCUT2D eigenvalue weighted by molar-refractivity contribution is -0.205. The first-order chi connectivity index (χ1) is 41.5. The van der Waals surface area contributed by atoms with Gasteiger partial charge in [0, 0.05) is 63.8 Å².